The number of rotatable bonds is 3. The number of carbonyl (C=O) groups excluding carboxylic acids is 1. The number of nitrogens with zero attached hydrogens (tertiary/aromatic N) is 1. The summed E-state index contributed by atoms with van der Waals surface area (Å²) in [7, 11) is -2.28. The summed E-state index contributed by atoms with van der Waals surface area (Å²) in [5, 5.41) is 2.86. The Balaban J connectivity index is 2.83. The Labute approximate surface area is 112 Å². The third-order valence-corrected chi connectivity index (χ3v) is 3.20. The Bertz CT molecular complexity index is 546. The van der Waals surface area contributed by atoms with Crippen LogP contribution in [0.2, 0.25) is 0 Å². The van der Waals surface area contributed by atoms with E-state index in [4.69, 9.17) is 4.74 Å². The van der Waals surface area contributed by atoms with Crippen LogP contribution in [0, 0.1) is 0 Å². The van der Waals surface area contributed by atoms with Crippen molar-refractivity contribution >= 4 is 22.0 Å². The minimum atomic E-state index is -3.99. The van der Waals surface area contributed by atoms with Gasteiger partial charge in [-0.3, -0.25) is 0 Å². The molecule has 19 heavy (non-hydrogen) atoms. The molecule has 0 spiro atoms. The Morgan fingerprint density at radius 3 is 2.21 bits per heavy atom. The SMILES string of the molecule is CNc1cc[n+](S(=O)(=O)NC(=O)OC(C)(C)C)cc1. The van der Waals surface area contributed by atoms with Gasteiger partial charge in [0.15, 0.2) is 12.4 Å². The molecule has 0 saturated heterocycles. The first-order chi connectivity index (χ1) is 8.64. The van der Waals surface area contributed by atoms with Crippen molar-refractivity contribution in [2.75, 3.05) is 12.4 Å². The minimum Gasteiger partial charge on any atom is -0.443 e. The molecule has 1 aromatic rings. The molecule has 7 nitrogen and oxygen atoms in total. The van der Waals surface area contributed by atoms with Crippen LogP contribution < -0.4 is 14.0 Å². The van der Waals surface area contributed by atoms with Crippen molar-refractivity contribution < 1.29 is 21.9 Å². The van der Waals surface area contributed by atoms with Crippen LogP contribution in [0.1, 0.15) is 20.8 Å². The fourth-order valence-electron chi connectivity index (χ4n) is 1.20. The van der Waals surface area contributed by atoms with Crippen molar-refractivity contribution in [3.63, 3.8) is 0 Å². The summed E-state index contributed by atoms with van der Waals surface area (Å²) >= 11 is 0. The van der Waals surface area contributed by atoms with Crippen LogP contribution in [0.3, 0.4) is 0 Å². The molecule has 2 N–H and O–H groups in total. The molecule has 0 atom stereocenters. The van der Waals surface area contributed by atoms with Gasteiger partial charge in [-0.15, -0.1) is 8.42 Å². The predicted molar refractivity (Wildman–Crippen MR) is 69.9 cm³/mol. The molecule has 0 aliphatic carbocycles. The van der Waals surface area contributed by atoms with Crippen LogP contribution in [-0.2, 0) is 14.9 Å². The molecule has 1 rings (SSSR count). The maximum atomic E-state index is 11.9. The first-order valence-corrected chi connectivity index (χ1v) is 7.03. The second-order valence-electron chi connectivity index (χ2n) is 4.78. The van der Waals surface area contributed by atoms with Gasteiger partial charge in [-0.05, 0) is 20.8 Å². The quantitative estimate of drug-likeness (QED) is 0.797. The highest BCUT2D eigenvalue weighted by atomic mass is 32.2. The normalized spacial score (nSPS) is 11.8. The fraction of sp³-hybridized carbons (Fsp3) is 0.455. The maximum absolute atomic E-state index is 11.9. The number of aromatic nitrogens is 1. The van der Waals surface area contributed by atoms with Gasteiger partial charge in [0.05, 0.1) is 0 Å². The molecule has 0 unspecified atom stereocenters. The molecule has 106 valence electrons. The van der Waals surface area contributed by atoms with Gasteiger partial charge >= 0.3 is 16.3 Å². The molecule has 0 aliphatic rings. The average molecular weight is 288 g/mol. The van der Waals surface area contributed by atoms with E-state index in [2.05, 4.69) is 5.32 Å². The molecule has 0 fully saturated rings. The number of nitrogens with one attached hydrogen (secondary N) is 2. The number of anilines is 1. The van der Waals surface area contributed by atoms with Crippen molar-refractivity contribution in [1.82, 2.24) is 4.72 Å². The molecule has 1 aromatic heterocycles. The Hall–Kier alpha value is -1.83. The lowest BCUT2D eigenvalue weighted by Gasteiger charge is -2.18. The van der Waals surface area contributed by atoms with Crippen LogP contribution in [0.25, 0.3) is 0 Å². The van der Waals surface area contributed by atoms with Gasteiger partial charge in [0.1, 0.15) is 5.60 Å². The van der Waals surface area contributed by atoms with Crippen LogP contribution in [0.5, 0.6) is 0 Å². The van der Waals surface area contributed by atoms with E-state index >= 15 is 0 Å². The third-order valence-electron chi connectivity index (χ3n) is 1.98. The van der Waals surface area contributed by atoms with Gasteiger partial charge in [0.25, 0.3) is 0 Å². The number of pyridine rings is 1. The molecule has 0 radical (unpaired) electrons. The molecule has 0 aliphatic heterocycles. The molecule has 1 heterocycles. The summed E-state index contributed by atoms with van der Waals surface area (Å²) in [6, 6.07) is 3.13. The lowest BCUT2D eigenvalue weighted by Crippen LogP contribution is -2.52. The minimum absolute atomic E-state index is 0.753. The maximum Gasteiger partial charge on any atom is 0.474 e. The van der Waals surface area contributed by atoms with Gasteiger partial charge in [-0.25, -0.2) is 4.79 Å². The number of hydrogen-bond donors (Lipinski definition) is 2. The Kier molecular flexibility index (Phi) is 4.35. The van der Waals surface area contributed by atoms with Crippen molar-refractivity contribution in [3.8, 4) is 0 Å². The van der Waals surface area contributed by atoms with E-state index in [9.17, 15) is 13.2 Å². The summed E-state index contributed by atoms with van der Waals surface area (Å²) in [6.07, 6.45) is 1.62. The van der Waals surface area contributed by atoms with E-state index < -0.39 is 21.9 Å². The van der Waals surface area contributed by atoms with Crippen LogP contribution in [0.4, 0.5) is 10.5 Å². The standard InChI is InChI=1S/C11H17N3O4S/c1-11(2,3)18-10(15)13-19(16,17)14-7-5-9(12-4)6-8-14/h5-8H,1-4H3,(H,13,15)/p+1. The highest BCUT2D eigenvalue weighted by Gasteiger charge is 2.27. The lowest BCUT2D eigenvalue weighted by molar-refractivity contribution is -0.512. The van der Waals surface area contributed by atoms with Gasteiger partial charge in [0, 0.05) is 24.9 Å². The molecule has 0 aromatic carbocycles. The summed E-state index contributed by atoms with van der Waals surface area (Å²) in [5.41, 5.74) is -0.0102. The molecule has 1 amide bonds. The first kappa shape index (κ1) is 15.2. The van der Waals surface area contributed by atoms with E-state index in [0.717, 1.165) is 9.66 Å². The lowest BCUT2D eigenvalue weighted by atomic mass is 10.2. The van der Waals surface area contributed by atoms with E-state index in [1.165, 1.54) is 12.4 Å². The second kappa shape index (κ2) is 5.43. The monoisotopic (exact) mass is 288 g/mol. The number of amides is 1. The second-order valence-corrected chi connectivity index (χ2v) is 6.35. The van der Waals surface area contributed by atoms with Gasteiger partial charge in [-0.2, -0.15) is 4.72 Å². The van der Waals surface area contributed by atoms with Crippen LogP contribution in [0.15, 0.2) is 24.5 Å². The number of carbonyl (C=O) groups is 1. The van der Waals surface area contributed by atoms with Crippen LogP contribution >= 0.6 is 0 Å². The average Bonchev–Trinajstić information content (AvgIpc) is 2.25. The predicted octanol–water partition coefficient (Wildman–Crippen LogP) is 0.633. The largest absolute Gasteiger partial charge is 0.474 e. The third kappa shape index (κ3) is 4.74. The number of ether oxygens (including phenoxy) is 1. The van der Waals surface area contributed by atoms with Gasteiger partial charge in [0.2, 0.25) is 0 Å². The Morgan fingerprint density at radius 2 is 1.79 bits per heavy atom. The fourth-order valence-corrected chi connectivity index (χ4v) is 2.00. The summed E-state index contributed by atoms with van der Waals surface area (Å²) in [6.45, 7) is 4.94. The van der Waals surface area contributed by atoms with E-state index in [1.807, 2.05) is 4.72 Å². The first-order valence-electron chi connectivity index (χ1n) is 5.59. The zero-order valence-electron chi connectivity index (χ0n) is 11.3. The van der Waals surface area contributed by atoms with Crippen molar-refractivity contribution in [2.45, 2.75) is 26.4 Å². The Morgan fingerprint density at radius 1 is 1.26 bits per heavy atom. The zero-order chi connectivity index (χ0) is 14.7. The highest BCUT2D eigenvalue weighted by Crippen LogP contribution is 2.06. The van der Waals surface area contributed by atoms with Crippen molar-refractivity contribution in [3.05, 3.63) is 24.5 Å². The van der Waals surface area contributed by atoms with Gasteiger partial charge < -0.3 is 10.1 Å². The summed E-state index contributed by atoms with van der Waals surface area (Å²) in [5.74, 6) is 0. The molecule has 0 saturated carbocycles. The molecular weight excluding hydrogens is 270 g/mol. The summed E-state index contributed by atoms with van der Waals surface area (Å²) in [4.78, 5) is 11.4. The van der Waals surface area contributed by atoms with Gasteiger partial charge in [-0.1, -0.05) is 3.97 Å². The smallest absolute Gasteiger partial charge is 0.443 e. The molecule has 0 bridgehead atoms. The highest BCUT2D eigenvalue weighted by molar-refractivity contribution is 7.83. The van der Waals surface area contributed by atoms with Crippen LogP contribution in [-0.4, -0.2) is 27.2 Å². The topological polar surface area (TPSA) is 88.4 Å². The van der Waals surface area contributed by atoms with Crippen molar-refractivity contribution in [1.29, 1.82) is 0 Å². The number of hydrogen-bond acceptors (Lipinski definition) is 5. The van der Waals surface area contributed by atoms with E-state index in [-0.39, 0.29) is 0 Å². The molecule has 8 heteroatoms. The summed E-state index contributed by atoms with van der Waals surface area (Å²) < 4.78 is 31.3. The molecular formula is C11H18N3O4S+. The zero-order valence-corrected chi connectivity index (χ0v) is 12.1. The van der Waals surface area contributed by atoms with Crippen molar-refractivity contribution in [2.24, 2.45) is 0 Å². The van der Waals surface area contributed by atoms with E-state index in [1.54, 1.807) is 40.0 Å². The van der Waals surface area contributed by atoms with E-state index in [0.29, 0.717) is 0 Å².